The molecule has 0 saturated carbocycles. The number of ether oxygens (including phenoxy) is 2. The van der Waals surface area contributed by atoms with Gasteiger partial charge in [-0.2, -0.15) is 10.5 Å². The summed E-state index contributed by atoms with van der Waals surface area (Å²) >= 11 is 0. The van der Waals surface area contributed by atoms with Crippen LogP contribution in [0.25, 0.3) is 0 Å². The summed E-state index contributed by atoms with van der Waals surface area (Å²) in [6.45, 7) is 1.62. The molecule has 0 rings (SSSR count). The molecule has 0 aromatic rings. The van der Waals surface area contributed by atoms with Crippen molar-refractivity contribution in [1.29, 1.82) is 10.5 Å². The summed E-state index contributed by atoms with van der Waals surface area (Å²) in [4.78, 5) is 0. The van der Waals surface area contributed by atoms with E-state index in [1.165, 1.54) is 0 Å². The Morgan fingerprint density at radius 1 is 1.20 bits per heavy atom. The van der Waals surface area contributed by atoms with Crippen molar-refractivity contribution in [2.24, 2.45) is 0 Å². The zero-order valence-electron chi connectivity index (χ0n) is 5.70. The predicted molar refractivity (Wildman–Crippen MR) is 32.6 cm³/mol. The fourth-order valence-corrected chi connectivity index (χ4v) is 0.357. The summed E-state index contributed by atoms with van der Waals surface area (Å²) in [7, 11) is 0. The van der Waals surface area contributed by atoms with Crippen LogP contribution in [-0.4, -0.2) is 19.5 Å². The first-order valence-electron chi connectivity index (χ1n) is 2.78. The Labute approximate surface area is 59.6 Å². The topological polar surface area (TPSA) is 66.0 Å². The summed E-state index contributed by atoms with van der Waals surface area (Å²) in [5.74, 6) is 0. The van der Waals surface area contributed by atoms with Gasteiger partial charge in [0.25, 0.3) is 0 Å². The molecule has 0 aliphatic carbocycles. The average molecular weight is 140 g/mol. The average Bonchev–Trinajstić information content (AvgIpc) is 1.97. The second-order valence-electron chi connectivity index (χ2n) is 1.51. The summed E-state index contributed by atoms with van der Waals surface area (Å²) in [5, 5.41) is 16.1. The molecule has 10 heavy (non-hydrogen) atoms. The molecule has 0 aromatic carbocycles. The monoisotopic (exact) mass is 140 g/mol. The molecule has 4 nitrogen and oxygen atoms in total. The van der Waals surface area contributed by atoms with Crippen LogP contribution in [-0.2, 0) is 9.47 Å². The number of hydrogen-bond donors (Lipinski definition) is 0. The van der Waals surface area contributed by atoms with Crippen LogP contribution in [0.1, 0.15) is 6.92 Å². The molecule has 0 saturated heterocycles. The zero-order chi connectivity index (χ0) is 7.82. The van der Waals surface area contributed by atoms with Crippen LogP contribution in [0.5, 0.6) is 0 Å². The standard InChI is InChI=1S/C6H8N2O2/c1-6(9-4-2-7)10-5-3-8/h6H,4-5H2,1H3. The lowest BCUT2D eigenvalue weighted by molar-refractivity contribution is -0.111. The van der Waals surface area contributed by atoms with Gasteiger partial charge >= 0.3 is 0 Å². The van der Waals surface area contributed by atoms with E-state index in [0.29, 0.717) is 0 Å². The van der Waals surface area contributed by atoms with Gasteiger partial charge in [-0.15, -0.1) is 0 Å². The Morgan fingerprint density at radius 3 is 1.90 bits per heavy atom. The van der Waals surface area contributed by atoms with Crippen LogP contribution in [0.4, 0.5) is 0 Å². The molecular formula is C6H8N2O2. The Balaban J connectivity index is 3.20. The molecule has 0 atom stereocenters. The minimum Gasteiger partial charge on any atom is -0.338 e. The Hall–Kier alpha value is -1.10. The van der Waals surface area contributed by atoms with Gasteiger partial charge in [0.1, 0.15) is 13.2 Å². The van der Waals surface area contributed by atoms with E-state index < -0.39 is 6.29 Å². The Morgan fingerprint density at radius 2 is 1.60 bits per heavy atom. The van der Waals surface area contributed by atoms with Crippen molar-refractivity contribution in [2.75, 3.05) is 13.2 Å². The first-order valence-corrected chi connectivity index (χ1v) is 2.78. The first-order chi connectivity index (χ1) is 4.81. The Bertz CT molecular complexity index is 138. The van der Waals surface area contributed by atoms with E-state index in [0.717, 1.165) is 0 Å². The van der Waals surface area contributed by atoms with Crippen molar-refractivity contribution in [3.05, 3.63) is 0 Å². The van der Waals surface area contributed by atoms with Crippen molar-refractivity contribution in [2.45, 2.75) is 13.2 Å². The van der Waals surface area contributed by atoms with E-state index in [9.17, 15) is 0 Å². The van der Waals surface area contributed by atoms with Crippen LogP contribution in [0.2, 0.25) is 0 Å². The lowest BCUT2D eigenvalue weighted by Gasteiger charge is -2.07. The highest BCUT2D eigenvalue weighted by molar-refractivity contribution is 4.68. The van der Waals surface area contributed by atoms with Crippen LogP contribution < -0.4 is 0 Å². The highest BCUT2D eigenvalue weighted by Crippen LogP contribution is 1.90. The van der Waals surface area contributed by atoms with E-state index in [1.54, 1.807) is 19.1 Å². The molecule has 0 bridgehead atoms. The summed E-state index contributed by atoms with van der Waals surface area (Å²) in [6.07, 6.45) is -0.473. The van der Waals surface area contributed by atoms with E-state index in [1.807, 2.05) is 0 Å². The summed E-state index contributed by atoms with van der Waals surface area (Å²) in [6, 6.07) is 3.58. The third-order valence-electron chi connectivity index (χ3n) is 0.765. The molecule has 54 valence electrons. The van der Waals surface area contributed by atoms with Crippen molar-refractivity contribution < 1.29 is 9.47 Å². The molecule has 0 N–H and O–H groups in total. The first kappa shape index (κ1) is 8.90. The maximum absolute atomic E-state index is 8.04. The highest BCUT2D eigenvalue weighted by atomic mass is 16.7. The molecule has 0 radical (unpaired) electrons. The number of hydrogen-bond acceptors (Lipinski definition) is 4. The second kappa shape index (κ2) is 6.03. The van der Waals surface area contributed by atoms with Crippen molar-refractivity contribution in [3.8, 4) is 12.1 Å². The van der Waals surface area contributed by atoms with Crippen molar-refractivity contribution in [1.82, 2.24) is 0 Å². The van der Waals surface area contributed by atoms with Gasteiger partial charge in [0.2, 0.25) is 0 Å². The summed E-state index contributed by atoms with van der Waals surface area (Å²) < 4.78 is 9.52. The minimum absolute atomic E-state index is 0.00735. The quantitative estimate of drug-likeness (QED) is 0.530. The maximum atomic E-state index is 8.04. The van der Waals surface area contributed by atoms with Gasteiger partial charge in [0.05, 0.1) is 12.1 Å². The lowest BCUT2D eigenvalue weighted by Crippen LogP contribution is -2.12. The Kier molecular flexibility index (Phi) is 5.36. The maximum Gasteiger partial charge on any atom is 0.157 e. The summed E-state index contributed by atoms with van der Waals surface area (Å²) in [5.41, 5.74) is 0. The van der Waals surface area contributed by atoms with Crippen LogP contribution >= 0.6 is 0 Å². The minimum atomic E-state index is -0.473. The molecule has 0 unspecified atom stereocenters. The van der Waals surface area contributed by atoms with Gasteiger partial charge in [0.15, 0.2) is 6.29 Å². The molecule has 0 aliphatic heterocycles. The van der Waals surface area contributed by atoms with E-state index in [-0.39, 0.29) is 13.2 Å². The van der Waals surface area contributed by atoms with Crippen molar-refractivity contribution in [3.63, 3.8) is 0 Å². The third-order valence-corrected chi connectivity index (χ3v) is 0.765. The van der Waals surface area contributed by atoms with Crippen LogP contribution in [0.15, 0.2) is 0 Å². The molecule has 0 heterocycles. The fraction of sp³-hybridized carbons (Fsp3) is 0.667. The van der Waals surface area contributed by atoms with E-state index in [4.69, 9.17) is 20.0 Å². The molecule has 4 heteroatoms. The smallest absolute Gasteiger partial charge is 0.157 e. The van der Waals surface area contributed by atoms with Gasteiger partial charge in [-0.05, 0) is 6.92 Å². The number of nitriles is 2. The van der Waals surface area contributed by atoms with Crippen LogP contribution in [0, 0.1) is 22.7 Å². The normalized spacial score (nSPS) is 8.80. The van der Waals surface area contributed by atoms with Gasteiger partial charge < -0.3 is 9.47 Å². The van der Waals surface area contributed by atoms with Gasteiger partial charge in [-0.25, -0.2) is 0 Å². The number of rotatable bonds is 4. The van der Waals surface area contributed by atoms with Gasteiger partial charge in [0, 0.05) is 0 Å². The molecule has 0 amide bonds. The lowest BCUT2D eigenvalue weighted by atomic mass is 10.7. The second-order valence-corrected chi connectivity index (χ2v) is 1.51. The molecule has 0 fully saturated rings. The fourth-order valence-electron chi connectivity index (χ4n) is 0.357. The third kappa shape index (κ3) is 5.04. The van der Waals surface area contributed by atoms with E-state index in [2.05, 4.69) is 0 Å². The van der Waals surface area contributed by atoms with Crippen molar-refractivity contribution >= 4 is 0 Å². The molecule has 0 spiro atoms. The SMILES string of the molecule is CC(OCC#N)OCC#N. The largest absolute Gasteiger partial charge is 0.338 e. The predicted octanol–water partition coefficient (Wildman–Crippen LogP) is 0.413. The molecule has 0 aromatic heterocycles. The molecule has 0 aliphatic rings. The highest BCUT2D eigenvalue weighted by Gasteiger charge is 1.98. The zero-order valence-corrected chi connectivity index (χ0v) is 5.70. The van der Waals surface area contributed by atoms with Gasteiger partial charge in [-0.1, -0.05) is 0 Å². The number of nitrogens with zero attached hydrogens (tertiary/aromatic N) is 2. The van der Waals surface area contributed by atoms with Crippen LogP contribution in [0.3, 0.4) is 0 Å². The van der Waals surface area contributed by atoms with E-state index >= 15 is 0 Å². The van der Waals surface area contributed by atoms with Gasteiger partial charge in [-0.3, -0.25) is 0 Å². The molecular weight excluding hydrogens is 132 g/mol.